The van der Waals surface area contributed by atoms with E-state index in [0.29, 0.717) is 17.5 Å². The minimum absolute atomic E-state index is 0.461. The maximum absolute atomic E-state index is 5.85. The molecule has 0 fully saturated rings. The summed E-state index contributed by atoms with van der Waals surface area (Å²) in [6.45, 7) is 7.73. The SMILES string of the molecule is Cc1nc(N)c(C)c(Oc2cccc(C)c2C)n1. The largest absolute Gasteiger partial charge is 0.438 e. The van der Waals surface area contributed by atoms with Crippen molar-refractivity contribution in [1.82, 2.24) is 9.97 Å². The standard InChI is InChI=1S/C14H17N3O/c1-8-6-5-7-12(9(8)2)18-14-10(3)13(15)16-11(4)17-14/h5-7H,1-4H3,(H2,15,16,17). The Morgan fingerprint density at radius 2 is 1.72 bits per heavy atom. The van der Waals surface area contributed by atoms with Gasteiger partial charge in [-0.25, -0.2) is 4.98 Å². The molecule has 1 aromatic heterocycles. The van der Waals surface area contributed by atoms with Crippen molar-refractivity contribution >= 4 is 5.82 Å². The van der Waals surface area contributed by atoms with E-state index in [1.807, 2.05) is 26.0 Å². The van der Waals surface area contributed by atoms with E-state index in [0.717, 1.165) is 16.9 Å². The second-order valence-electron chi connectivity index (χ2n) is 4.39. The molecule has 2 aromatic rings. The van der Waals surface area contributed by atoms with E-state index < -0.39 is 0 Å². The van der Waals surface area contributed by atoms with Crippen molar-refractivity contribution in [2.75, 3.05) is 5.73 Å². The minimum Gasteiger partial charge on any atom is -0.438 e. The van der Waals surface area contributed by atoms with E-state index in [-0.39, 0.29) is 0 Å². The lowest BCUT2D eigenvalue weighted by Gasteiger charge is -2.12. The highest BCUT2D eigenvalue weighted by molar-refractivity contribution is 5.47. The zero-order valence-electron chi connectivity index (χ0n) is 11.1. The van der Waals surface area contributed by atoms with E-state index in [9.17, 15) is 0 Å². The number of anilines is 1. The van der Waals surface area contributed by atoms with Crippen molar-refractivity contribution in [1.29, 1.82) is 0 Å². The molecule has 0 unspecified atom stereocenters. The smallest absolute Gasteiger partial charge is 0.227 e. The topological polar surface area (TPSA) is 61.0 Å². The Hall–Kier alpha value is -2.10. The number of rotatable bonds is 2. The Labute approximate surface area is 107 Å². The van der Waals surface area contributed by atoms with Gasteiger partial charge in [-0.2, -0.15) is 4.98 Å². The first-order valence-corrected chi connectivity index (χ1v) is 5.84. The summed E-state index contributed by atoms with van der Waals surface area (Å²) < 4.78 is 5.85. The molecule has 1 aromatic carbocycles. The Bertz CT molecular complexity index is 594. The molecule has 2 rings (SSSR count). The monoisotopic (exact) mass is 243 g/mol. The molecule has 4 heteroatoms. The highest BCUT2D eigenvalue weighted by Gasteiger charge is 2.10. The van der Waals surface area contributed by atoms with Gasteiger partial charge >= 0.3 is 0 Å². The fraction of sp³-hybridized carbons (Fsp3) is 0.286. The zero-order valence-corrected chi connectivity index (χ0v) is 11.1. The van der Waals surface area contributed by atoms with Gasteiger partial charge in [0, 0.05) is 0 Å². The summed E-state index contributed by atoms with van der Waals surface area (Å²) in [6.07, 6.45) is 0. The van der Waals surface area contributed by atoms with Crippen LogP contribution in [0.4, 0.5) is 5.82 Å². The number of nitrogen functional groups attached to an aromatic ring is 1. The van der Waals surface area contributed by atoms with Crippen LogP contribution in [0.2, 0.25) is 0 Å². The first-order chi connectivity index (χ1) is 8.49. The molecule has 0 bridgehead atoms. The Balaban J connectivity index is 2.43. The third-order valence-corrected chi connectivity index (χ3v) is 3.01. The highest BCUT2D eigenvalue weighted by atomic mass is 16.5. The van der Waals surface area contributed by atoms with Crippen LogP contribution in [0.15, 0.2) is 18.2 Å². The van der Waals surface area contributed by atoms with Gasteiger partial charge in [-0.05, 0) is 44.9 Å². The lowest BCUT2D eigenvalue weighted by Crippen LogP contribution is -2.03. The number of benzene rings is 1. The normalized spacial score (nSPS) is 10.4. The molecule has 94 valence electrons. The van der Waals surface area contributed by atoms with Crippen molar-refractivity contribution in [3.05, 3.63) is 40.7 Å². The molecule has 4 nitrogen and oxygen atoms in total. The summed E-state index contributed by atoms with van der Waals surface area (Å²) in [4.78, 5) is 8.39. The van der Waals surface area contributed by atoms with Gasteiger partial charge in [-0.15, -0.1) is 0 Å². The minimum atomic E-state index is 0.461. The molecular weight excluding hydrogens is 226 g/mol. The van der Waals surface area contributed by atoms with Crippen LogP contribution in [0.25, 0.3) is 0 Å². The van der Waals surface area contributed by atoms with E-state index >= 15 is 0 Å². The van der Waals surface area contributed by atoms with Crippen LogP contribution in [-0.2, 0) is 0 Å². The van der Waals surface area contributed by atoms with Crippen LogP contribution < -0.4 is 10.5 Å². The summed E-state index contributed by atoms with van der Waals surface area (Å²) in [5.41, 5.74) is 8.86. The third-order valence-electron chi connectivity index (χ3n) is 3.01. The summed E-state index contributed by atoms with van der Waals surface area (Å²) >= 11 is 0. The van der Waals surface area contributed by atoms with Crippen LogP contribution in [-0.4, -0.2) is 9.97 Å². The van der Waals surface area contributed by atoms with Crippen molar-refractivity contribution in [2.45, 2.75) is 27.7 Å². The van der Waals surface area contributed by atoms with E-state index in [4.69, 9.17) is 10.5 Å². The number of hydrogen-bond acceptors (Lipinski definition) is 4. The average Bonchev–Trinajstić information content (AvgIpc) is 2.31. The predicted molar refractivity (Wildman–Crippen MR) is 71.9 cm³/mol. The second kappa shape index (κ2) is 4.64. The average molecular weight is 243 g/mol. The van der Waals surface area contributed by atoms with E-state index in [2.05, 4.69) is 23.0 Å². The summed E-state index contributed by atoms with van der Waals surface area (Å²) in [5, 5.41) is 0. The molecule has 0 saturated heterocycles. The lowest BCUT2D eigenvalue weighted by atomic mass is 10.1. The highest BCUT2D eigenvalue weighted by Crippen LogP contribution is 2.29. The van der Waals surface area contributed by atoms with Gasteiger partial charge in [0.25, 0.3) is 0 Å². The molecule has 0 saturated carbocycles. The van der Waals surface area contributed by atoms with Crippen LogP contribution in [0.3, 0.4) is 0 Å². The molecule has 0 aliphatic heterocycles. The molecule has 0 atom stereocenters. The number of ether oxygens (including phenoxy) is 1. The number of nitrogens with zero attached hydrogens (tertiary/aromatic N) is 2. The zero-order chi connectivity index (χ0) is 13.3. The Kier molecular flexibility index (Phi) is 3.19. The van der Waals surface area contributed by atoms with Gasteiger partial charge in [0.15, 0.2) is 0 Å². The van der Waals surface area contributed by atoms with Crippen molar-refractivity contribution in [2.24, 2.45) is 0 Å². The van der Waals surface area contributed by atoms with Gasteiger partial charge in [0.2, 0.25) is 5.88 Å². The first kappa shape index (κ1) is 12.4. The number of aryl methyl sites for hydroxylation is 2. The van der Waals surface area contributed by atoms with Crippen molar-refractivity contribution in [3.8, 4) is 11.6 Å². The van der Waals surface area contributed by atoms with Crippen LogP contribution in [0.1, 0.15) is 22.5 Å². The molecule has 0 radical (unpaired) electrons. The fourth-order valence-electron chi connectivity index (χ4n) is 1.66. The van der Waals surface area contributed by atoms with Crippen LogP contribution in [0, 0.1) is 27.7 Å². The van der Waals surface area contributed by atoms with Gasteiger partial charge in [0.05, 0.1) is 5.56 Å². The molecule has 2 N–H and O–H groups in total. The Morgan fingerprint density at radius 3 is 2.44 bits per heavy atom. The number of hydrogen-bond donors (Lipinski definition) is 1. The maximum Gasteiger partial charge on any atom is 0.227 e. The summed E-state index contributed by atoms with van der Waals surface area (Å²) in [7, 11) is 0. The molecule has 1 heterocycles. The van der Waals surface area contributed by atoms with Crippen molar-refractivity contribution in [3.63, 3.8) is 0 Å². The van der Waals surface area contributed by atoms with Crippen LogP contribution in [0.5, 0.6) is 11.6 Å². The summed E-state index contributed by atoms with van der Waals surface area (Å²) in [6, 6.07) is 5.94. The third kappa shape index (κ3) is 2.27. The van der Waals surface area contributed by atoms with Gasteiger partial charge in [-0.1, -0.05) is 12.1 Å². The number of nitrogens with two attached hydrogens (primary N) is 1. The fourth-order valence-corrected chi connectivity index (χ4v) is 1.66. The maximum atomic E-state index is 5.85. The molecule has 18 heavy (non-hydrogen) atoms. The molecule has 0 amide bonds. The van der Waals surface area contributed by atoms with E-state index in [1.165, 1.54) is 5.56 Å². The molecular formula is C14H17N3O. The predicted octanol–water partition coefficient (Wildman–Crippen LogP) is 3.08. The van der Waals surface area contributed by atoms with E-state index in [1.54, 1.807) is 6.92 Å². The van der Waals surface area contributed by atoms with Gasteiger partial charge in [-0.3, -0.25) is 0 Å². The quantitative estimate of drug-likeness (QED) is 0.880. The van der Waals surface area contributed by atoms with Crippen molar-refractivity contribution < 1.29 is 4.74 Å². The molecule has 0 aliphatic rings. The Morgan fingerprint density at radius 1 is 1.00 bits per heavy atom. The summed E-state index contributed by atoms with van der Waals surface area (Å²) in [5.74, 6) is 2.39. The van der Waals surface area contributed by atoms with Gasteiger partial charge in [0.1, 0.15) is 17.4 Å². The van der Waals surface area contributed by atoms with Crippen LogP contribution >= 0.6 is 0 Å². The number of aromatic nitrogens is 2. The molecule has 0 aliphatic carbocycles. The molecule has 0 spiro atoms. The first-order valence-electron chi connectivity index (χ1n) is 5.84. The lowest BCUT2D eigenvalue weighted by molar-refractivity contribution is 0.452. The van der Waals surface area contributed by atoms with Gasteiger partial charge < -0.3 is 10.5 Å². The second-order valence-corrected chi connectivity index (χ2v) is 4.39.